The maximum Gasteiger partial charge on any atom is 0.416 e. The van der Waals surface area contributed by atoms with Crippen molar-refractivity contribution in [3.05, 3.63) is 106 Å². The Kier molecular flexibility index (Phi) is 6.33. The van der Waals surface area contributed by atoms with E-state index in [1.165, 1.54) is 23.3 Å². The van der Waals surface area contributed by atoms with Crippen molar-refractivity contribution in [1.29, 1.82) is 0 Å². The van der Waals surface area contributed by atoms with E-state index in [0.717, 1.165) is 25.1 Å². The minimum atomic E-state index is -4.56. The molecule has 1 aliphatic carbocycles. The summed E-state index contributed by atoms with van der Waals surface area (Å²) in [7, 11) is 0. The molecule has 0 radical (unpaired) electrons. The van der Waals surface area contributed by atoms with Gasteiger partial charge in [-0.25, -0.2) is 0 Å². The Labute approximate surface area is 208 Å². The molecule has 0 unspecified atom stereocenters. The number of rotatable bonds is 5. The lowest BCUT2D eigenvalue weighted by Gasteiger charge is -2.41. The zero-order valence-electron chi connectivity index (χ0n) is 20.1. The maximum atomic E-state index is 13.9. The van der Waals surface area contributed by atoms with Crippen LogP contribution in [-0.4, -0.2) is 29.6 Å². The predicted octanol–water partition coefficient (Wildman–Crippen LogP) is 6.50. The monoisotopic (exact) mass is 491 g/mol. The van der Waals surface area contributed by atoms with Crippen molar-refractivity contribution in [2.45, 2.75) is 44.3 Å². The number of carbonyl (C=O) groups excluding carboxylic acids is 2. The Morgan fingerprint density at radius 2 is 1.42 bits per heavy atom. The lowest BCUT2D eigenvalue weighted by atomic mass is 9.63. The summed E-state index contributed by atoms with van der Waals surface area (Å²) in [6.45, 7) is 4.23. The van der Waals surface area contributed by atoms with Crippen LogP contribution in [0.15, 0.2) is 72.8 Å². The summed E-state index contributed by atoms with van der Waals surface area (Å²) < 4.78 is 40.9. The molecule has 0 saturated carbocycles. The molecule has 0 N–H and O–H groups in total. The van der Waals surface area contributed by atoms with E-state index in [1.807, 2.05) is 12.1 Å². The highest BCUT2D eigenvalue weighted by Crippen LogP contribution is 2.49. The Morgan fingerprint density at radius 1 is 0.833 bits per heavy atom. The number of benzene rings is 3. The Balaban J connectivity index is 1.50. The van der Waals surface area contributed by atoms with Gasteiger partial charge in [-0.3, -0.25) is 14.5 Å². The fourth-order valence-corrected chi connectivity index (χ4v) is 6.04. The number of nitrogens with zero attached hydrogens (tertiary/aromatic N) is 1. The zero-order valence-corrected chi connectivity index (χ0v) is 20.1. The van der Waals surface area contributed by atoms with Crippen LogP contribution in [0.5, 0.6) is 0 Å². The largest absolute Gasteiger partial charge is 0.416 e. The van der Waals surface area contributed by atoms with Gasteiger partial charge in [-0.1, -0.05) is 73.7 Å². The highest BCUT2D eigenvalue weighted by atomic mass is 19.4. The first kappa shape index (κ1) is 24.4. The van der Waals surface area contributed by atoms with Crippen LogP contribution in [0.25, 0.3) is 0 Å². The smallest absolute Gasteiger partial charge is 0.299 e. The number of hydrogen-bond donors (Lipinski definition) is 0. The molecule has 3 aromatic rings. The number of alkyl halides is 3. The molecule has 0 spiro atoms. The van der Waals surface area contributed by atoms with E-state index in [2.05, 4.69) is 24.0 Å². The molecule has 3 nitrogen and oxygen atoms in total. The van der Waals surface area contributed by atoms with Crippen molar-refractivity contribution >= 4 is 11.6 Å². The average molecular weight is 492 g/mol. The van der Waals surface area contributed by atoms with E-state index < -0.39 is 17.2 Å². The predicted molar refractivity (Wildman–Crippen MR) is 132 cm³/mol. The number of hydrogen-bond acceptors (Lipinski definition) is 3. The van der Waals surface area contributed by atoms with Crippen LogP contribution in [0.4, 0.5) is 13.2 Å². The second kappa shape index (κ2) is 9.32. The number of carbonyl (C=O) groups is 2. The van der Waals surface area contributed by atoms with Gasteiger partial charge in [0.2, 0.25) is 0 Å². The third-order valence-electron chi connectivity index (χ3n) is 7.87. The number of aryl methyl sites for hydroxylation is 1. The normalized spacial score (nSPS) is 18.4. The van der Waals surface area contributed by atoms with Gasteiger partial charge in [0.25, 0.3) is 0 Å². The fraction of sp³-hybridized carbons (Fsp3) is 0.333. The quantitative estimate of drug-likeness (QED) is 0.383. The van der Waals surface area contributed by atoms with E-state index in [1.54, 1.807) is 24.3 Å². The van der Waals surface area contributed by atoms with Crippen LogP contribution in [0.1, 0.15) is 62.7 Å². The van der Waals surface area contributed by atoms with E-state index >= 15 is 0 Å². The Morgan fingerprint density at radius 3 is 2.00 bits per heavy atom. The van der Waals surface area contributed by atoms with Crippen LogP contribution in [0.2, 0.25) is 0 Å². The molecule has 0 aromatic heterocycles. The molecule has 6 heteroatoms. The van der Waals surface area contributed by atoms with Crippen LogP contribution in [0, 0.1) is 5.92 Å². The van der Waals surface area contributed by atoms with Crippen molar-refractivity contribution in [2.75, 3.05) is 13.1 Å². The van der Waals surface area contributed by atoms with Crippen LogP contribution in [0.3, 0.4) is 0 Å². The molecule has 2 aliphatic rings. The molecule has 36 heavy (non-hydrogen) atoms. The van der Waals surface area contributed by atoms with Crippen molar-refractivity contribution in [3.8, 4) is 0 Å². The molecule has 0 bridgehead atoms. The highest BCUT2D eigenvalue weighted by Gasteiger charge is 2.58. The Bertz CT molecular complexity index is 1270. The first-order chi connectivity index (χ1) is 17.3. The number of Topliss-reactive ketones (excluding diaryl/α,β-unsaturated/α-hetero) is 2. The van der Waals surface area contributed by atoms with Crippen molar-refractivity contribution in [1.82, 2.24) is 4.90 Å². The van der Waals surface area contributed by atoms with Gasteiger partial charge in [0, 0.05) is 17.7 Å². The molecule has 5 rings (SSSR count). The van der Waals surface area contributed by atoms with Gasteiger partial charge < -0.3 is 0 Å². The first-order valence-corrected chi connectivity index (χ1v) is 12.4. The Hall–Kier alpha value is -3.25. The fourth-order valence-electron chi connectivity index (χ4n) is 6.04. The average Bonchev–Trinajstić information content (AvgIpc) is 3.12. The second-order valence-corrected chi connectivity index (χ2v) is 9.76. The van der Waals surface area contributed by atoms with Crippen molar-refractivity contribution in [2.24, 2.45) is 5.92 Å². The van der Waals surface area contributed by atoms with E-state index in [-0.39, 0.29) is 23.0 Å². The van der Waals surface area contributed by atoms with Gasteiger partial charge in [-0.15, -0.1) is 0 Å². The lowest BCUT2D eigenvalue weighted by Crippen LogP contribution is -2.50. The lowest BCUT2D eigenvalue weighted by molar-refractivity contribution is -0.137. The number of piperidine rings is 1. The summed E-state index contributed by atoms with van der Waals surface area (Å²) >= 11 is 0. The van der Waals surface area contributed by atoms with Gasteiger partial charge in [0.05, 0.1) is 5.56 Å². The summed E-state index contributed by atoms with van der Waals surface area (Å²) in [6.07, 6.45) is -2.52. The van der Waals surface area contributed by atoms with Crippen LogP contribution in [-0.2, 0) is 24.6 Å². The molecule has 3 aromatic carbocycles. The minimum Gasteiger partial charge on any atom is -0.299 e. The van der Waals surface area contributed by atoms with E-state index in [9.17, 15) is 22.8 Å². The molecular formula is C30H28F3NO2. The van der Waals surface area contributed by atoms with Gasteiger partial charge in [-0.2, -0.15) is 13.2 Å². The third kappa shape index (κ3) is 3.97. The maximum absolute atomic E-state index is 13.9. The number of ketones is 2. The molecule has 0 atom stereocenters. The second-order valence-electron chi connectivity index (χ2n) is 9.76. The minimum absolute atomic E-state index is 0.151. The topological polar surface area (TPSA) is 37.4 Å². The summed E-state index contributed by atoms with van der Waals surface area (Å²) in [5.41, 5.74) is 0.836. The number of likely N-dealkylation sites (tertiary alicyclic amines) is 1. The summed E-state index contributed by atoms with van der Waals surface area (Å²) in [6, 6.07) is 19.7. The third-order valence-corrected chi connectivity index (χ3v) is 7.87. The highest BCUT2D eigenvalue weighted by molar-refractivity contribution is 6.33. The van der Waals surface area contributed by atoms with Crippen molar-refractivity contribution < 1.29 is 22.8 Å². The molecule has 0 amide bonds. The molecule has 1 saturated heterocycles. The summed E-state index contributed by atoms with van der Waals surface area (Å²) in [5.74, 6) is -1.14. The van der Waals surface area contributed by atoms with Crippen molar-refractivity contribution in [3.63, 3.8) is 0 Å². The standard InChI is InChI=1S/C30H28F3NO2/c1-2-20-8-3-4-9-21(20)19-34-16-14-22(15-17-34)29(23-10-7-11-24(18-23)30(31,32)33)27(35)25-12-5-6-13-26(25)28(29)36/h3-13,18,22H,2,14-17,19H2,1H3. The number of halogens is 3. The van der Waals surface area contributed by atoms with Crippen LogP contribution < -0.4 is 0 Å². The molecule has 186 valence electrons. The van der Waals surface area contributed by atoms with Gasteiger partial charge in [-0.05, 0) is 61.0 Å². The van der Waals surface area contributed by atoms with Gasteiger partial charge >= 0.3 is 6.18 Å². The SMILES string of the molecule is CCc1ccccc1CN1CCC(C2(c3cccc(C(F)(F)F)c3)C(=O)c3ccccc3C2=O)CC1. The number of fused-ring (bicyclic) bond motifs is 1. The summed E-state index contributed by atoms with van der Waals surface area (Å²) in [4.78, 5) is 30.2. The molecule has 1 aliphatic heterocycles. The van der Waals surface area contributed by atoms with Gasteiger partial charge in [0.15, 0.2) is 11.6 Å². The zero-order chi connectivity index (χ0) is 25.5. The van der Waals surface area contributed by atoms with E-state index in [0.29, 0.717) is 37.1 Å². The van der Waals surface area contributed by atoms with Crippen LogP contribution >= 0.6 is 0 Å². The molecule has 1 heterocycles. The summed E-state index contributed by atoms with van der Waals surface area (Å²) in [5, 5.41) is 0. The van der Waals surface area contributed by atoms with E-state index in [4.69, 9.17) is 0 Å². The van der Waals surface area contributed by atoms with Gasteiger partial charge in [0.1, 0.15) is 5.41 Å². The molecular weight excluding hydrogens is 463 g/mol. The molecule has 1 fully saturated rings. The first-order valence-electron chi connectivity index (χ1n) is 12.4.